The van der Waals surface area contributed by atoms with Gasteiger partial charge in [-0.2, -0.15) is 5.10 Å². The highest BCUT2D eigenvalue weighted by Crippen LogP contribution is 2.10. The molecular formula is C20H21N3O. The van der Waals surface area contributed by atoms with Crippen LogP contribution in [-0.2, 0) is 13.1 Å². The summed E-state index contributed by atoms with van der Waals surface area (Å²) in [6.45, 7) is 3.27. The van der Waals surface area contributed by atoms with Crippen molar-refractivity contribution < 1.29 is 4.79 Å². The predicted molar refractivity (Wildman–Crippen MR) is 94.7 cm³/mol. The van der Waals surface area contributed by atoms with Gasteiger partial charge >= 0.3 is 0 Å². The van der Waals surface area contributed by atoms with E-state index in [4.69, 9.17) is 0 Å². The van der Waals surface area contributed by atoms with Gasteiger partial charge in [0.15, 0.2) is 0 Å². The zero-order valence-electron chi connectivity index (χ0n) is 14.0. The smallest absolute Gasteiger partial charge is 0.253 e. The summed E-state index contributed by atoms with van der Waals surface area (Å²) in [5.41, 5.74) is 4.03. The molecule has 0 unspecified atom stereocenters. The topological polar surface area (TPSA) is 38.1 Å². The molecule has 0 N–H and O–H groups in total. The maximum atomic E-state index is 12.5. The molecule has 1 heterocycles. The lowest BCUT2D eigenvalue weighted by Crippen LogP contribution is -2.26. The highest BCUT2D eigenvalue weighted by molar-refractivity contribution is 5.94. The van der Waals surface area contributed by atoms with Crippen LogP contribution in [-0.4, -0.2) is 27.6 Å². The predicted octanol–water partition coefficient (Wildman–Crippen LogP) is 3.51. The minimum absolute atomic E-state index is 0.0227. The first kappa shape index (κ1) is 16.0. The maximum Gasteiger partial charge on any atom is 0.253 e. The van der Waals surface area contributed by atoms with Crippen LogP contribution in [0.2, 0.25) is 0 Å². The molecule has 1 aromatic heterocycles. The van der Waals surface area contributed by atoms with Gasteiger partial charge in [-0.05, 0) is 24.6 Å². The second-order valence-corrected chi connectivity index (χ2v) is 6.06. The second kappa shape index (κ2) is 7.13. The average Bonchev–Trinajstić information content (AvgIpc) is 3.02. The first-order chi connectivity index (χ1) is 11.6. The zero-order chi connectivity index (χ0) is 16.9. The van der Waals surface area contributed by atoms with Crippen LogP contribution in [0.1, 0.15) is 27.0 Å². The Morgan fingerprint density at radius 1 is 1.08 bits per heavy atom. The first-order valence-corrected chi connectivity index (χ1v) is 7.99. The number of hydrogen-bond acceptors (Lipinski definition) is 2. The third-order valence-electron chi connectivity index (χ3n) is 3.91. The van der Waals surface area contributed by atoms with E-state index in [2.05, 4.69) is 17.2 Å². The second-order valence-electron chi connectivity index (χ2n) is 6.06. The van der Waals surface area contributed by atoms with E-state index in [0.29, 0.717) is 12.1 Å². The molecule has 2 aromatic carbocycles. The molecule has 4 heteroatoms. The molecule has 0 fully saturated rings. The van der Waals surface area contributed by atoms with Crippen molar-refractivity contribution in [2.45, 2.75) is 20.0 Å². The Morgan fingerprint density at radius 3 is 2.62 bits per heavy atom. The maximum absolute atomic E-state index is 12.5. The average molecular weight is 319 g/mol. The number of carbonyl (C=O) groups excluding carboxylic acids is 1. The third kappa shape index (κ3) is 3.90. The summed E-state index contributed by atoms with van der Waals surface area (Å²) < 4.78 is 1.90. The van der Waals surface area contributed by atoms with Gasteiger partial charge in [0, 0.05) is 30.9 Å². The minimum Gasteiger partial charge on any atom is -0.337 e. The van der Waals surface area contributed by atoms with Crippen LogP contribution in [0.4, 0.5) is 0 Å². The molecular weight excluding hydrogens is 298 g/mol. The molecule has 0 atom stereocenters. The lowest BCUT2D eigenvalue weighted by molar-refractivity contribution is 0.0785. The van der Waals surface area contributed by atoms with Gasteiger partial charge in [0.25, 0.3) is 5.91 Å². The molecule has 0 saturated carbocycles. The van der Waals surface area contributed by atoms with E-state index in [0.717, 1.165) is 17.7 Å². The Labute approximate surface area is 142 Å². The molecule has 0 aliphatic carbocycles. The van der Waals surface area contributed by atoms with Crippen LogP contribution >= 0.6 is 0 Å². The largest absolute Gasteiger partial charge is 0.337 e. The van der Waals surface area contributed by atoms with E-state index in [-0.39, 0.29) is 5.91 Å². The third-order valence-corrected chi connectivity index (χ3v) is 3.91. The summed E-state index contributed by atoms with van der Waals surface area (Å²) >= 11 is 0. The number of carbonyl (C=O) groups is 1. The van der Waals surface area contributed by atoms with Gasteiger partial charge in [0.1, 0.15) is 0 Å². The number of hydrogen-bond donors (Lipinski definition) is 0. The standard InChI is InChI=1S/C20H21N3O/c1-16-7-6-10-19(11-16)20(24)22(2)13-18-12-21-23(15-18)14-17-8-4-3-5-9-17/h3-12,15H,13-14H2,1-2H3. The Morgan fingerprint density at radius 2 is 1.88 bits per heavy atom. The van der Waals surface area contributed by atoms with Crippen molar-refractivity contribution in [2.75, 3.05) is 7.05 Å². The van der Waals surface area contributed by atoms with Crippen LogP contribution in [0.15, 0.2) is 67.0 Å². The van der Waals surface area contributed by atoms with Gasteiger partial charge in [-0.25, -0.2) is 0 Å². The van der Waals surface area contributed by atoms with Crippen molar-refractivity contribution in [2.24, 2.45) is 0 Å². The fourth-order valence-corrected chi connectivity index (χ4v) is 2.69. The fraction of sp³-hybridized carbons (Fsp3) is 0.200. The molecule has 0 aliphatic rings. The van der Waals surface area contributed by atoms with Gasteiger partial charge in [-0.1, -0.05) is 48.0 Å². The van der Waals surface area contributed by atoms with E-state index in [1.165, 1.54) is 5.56 Å². The van der Waals surface area contributed by atoms with Crippen molar-refractivity contribution in [1.82, 2.24) is 14.7 Å². The van der Waals surface area contributed by atoms with Gasteiger partial charge in [0.05, 0.1) is 12.7 Å². The lowest BCUT2D eigenvalue weighted by Gasteiger charge is -2.16. The van der Waals surface area contributed by atoms with Gasteiger partial charge < -0.3 is 4.90 Å². The summed E-state index contributed by atoms with van der Waals surface area (Å²) in [6.07, 6.45) is 3.82. The SMILES string of the molecule is Cc1cccc(C(=O)N(C)Cc2cnn(Cc3ccccc3)c2)c1. The van der Waals surface area contributed by atoms with Crippen LogP contribution in [0.25, 0.3) is 0 Å². The fourth-order valence-electron chi connectivity index (χ4n) is 2.69. The molecule has 0 aliphatic heterocycles. The number of rotatable bonds is 5. The van der Waals surface area contributed by atoms with Crippen molar-refractivity contribution >= 4 is 5.91 Å². The summed E-state index contributed by atoms with van der Waals surface area (Å²) in [5.74, 6) is 0.0227. The van der Waals surface area contributed by atoms with E-state index < -0.39 is 0 Å². The Kier molecular flexibility index (Phi) is 4.75. The van der Waals surface area contributed by atoms with Gasteiger partial charge in [0.2, 0.25) is 0 Å². The van der Waals surface area contributed by atoms with E-state index in [1.54, 1.807) is 4.90 Å². The molecule has 0 radical (unpaired) electrons. The molecule has 122 valence electrons. The van der Waals surface area contributed by atoms with Crippen LogP contribution in [0, 0.1) is 6.92 Å². The number of amides is 1. The van der Waals surface area contributed by atoms with Crippen molar-refractivity contribution in [3.63, 3.8) is 0 Å². The minimum atomic E-state index is 0.0227. The molecule has 0 spiro atoms. The van der Waals surface area contributed by atoms with E-state index >= 15 is 0 Å². The van der Waals surface area contributed by atoms with E-state index in [1.807, 2.05) is 73.5 Å². The highest BCUT2D eigenvalue weighted by atomic mass is 16.2. The summed E-state index contributed by atoms with van der Waals surface area (Å²) in [5, 5.41) is 4.39. The van der Waals surface area contributed by atoms with Crippen molar-refractivity contribution in [1.29, 1.82) is 0 Å². The highest BCUT2D eigenvalue weighted by Gasteiger charge is 2.13. The summed E-state index contributed by atoms with van der Waals surface area (Å²) in [4.78, 5) is 14.2. The molecule has 0 saturated heterocycles. The van der Waals surface area contributed by atoms with Gasteiger partial charge in [-0.15, -0.1) is 0 Å². The molecule has 0 bridgehead atoms. The zero-order valence-corrected chi connectivity index (χ0v) is 14.0. The number of nitrogens with zero attached hydrogens (tertiary/aromatic N) is 3. The van der Waals surface area contributed by atoms with Gasteiger partial charge in [-0.3, -0.25) is 9.48 Å². The van der Waals surface area contributed by atoms with Crippen molar-refractivity contribution in [3.8, 4) is 0 Å². The van der Waals surface area contributed by atoms with Crippen LogP contribution in [0.3, 0.4) is 0 Å². The summed E-state index contributed by atoms with van der Waals surface area (Å²) in [7, 11) is 1.82. The monoisotopic (exact) mass is 319 g/mol. The molecule has 3 aromatic rings. The molecule has 3 rings (SSSR count). The number of benzene rings is 2. The Bertz CT molecular complexity index is 824. The Balaban J connectivity index is 1.64. The molecule has 24 heavy (non-hydrogen) atoms. The number of aromatic nitrogens is 2. The Hall–Kier alpha value is -2.88. The summed E-state index contributed by atoms with van der Waals surface area (Å²) in [6, 6.07) is 17.9. The van der Waals surface area contributed by atoms with Crippen molar-refractivity contribution in [3.05, 3.63) is 89.2 Å². The normalized spacial score (nSPS) is 10.6. The van der Waals surface area contributed by atoms with E-state index in [9.17, 15) is 4.79 Å². The molecule has 4 nitrogen and oxygen atoms in total. The number of aryl methyl sites for hydroxylation is 1. The first-order valence-electron chi connectivity index (χ1n) is 7.99. The van der Waals surface area contributed by atoms with Crippen LogP contribution < -0.4 is 0 Å². The quantitative estimate of drug-likeness (QED) is 0.722. The lowest BCUT2D eigenvalue weighted by atomic mass is 10.1. The van der Waals surface area contributed by atoms with Crippen LogP contribution in [0.5, 0.6) is 0 Å². The molecule has 1 amide bonds.